The van der Waals surface area contributed by atoms with Gasteiger partial charge in [-0.3, -0.25) is 4.79 Å². The molecule has 1 aromatic heterocycles. The first-order chi connectivity index (χ1) is 11.9. The normalized spacial score (nSPS) is 11.4. The van der Waals surface area contributed by atoms with E-state index in [9.17, 15) is 9.59 Å². The summed E-state index contributed by atoms with van der Waals surface area (Å²) in [5.41, 5.74) is 10.8. The van der Waals surface area contributed by atoms with Crippen molar-refractivity contribution in [3.63, 3.8) is 0 Å². The van der Waals surface area contributed by atoms with Gasteiger partial charge in [-0.05, 0) is 19.1 Å². The van der Waals surface area contributed by atoms with Crippen LogP contribution in [0.25, 0.3) is 0 Å². The maximum Gasteiger partial charge on any atom is 0.328 e. The van der Waals surface area contributed by atoms with Crippen molar-refractivity contribution >= 4 is 23.8 Å². The number of nitrogens with one attached hydrogen (secondary N) is 1. The Morgan fingerprint density at radius 1 is 1.12 bits per heavy atom. The van der Waals surface area contributed by atoms with Gasteiger partial charge in [0.1, 0.15) is 11.8 Å². The minimum absolute atomic E-state index is 0.0713. The second-order valence-electron chi connectivity index (χ2n) is 4.97. The van der Waals surface area contributed by atoms with E-state index in [1.807, 2.05) is 6.07 Å². The van der Waals surface area contributed by atoms with Crippen molar-refractivity contribution in [3.05, 3.63) is 36.2 Å². The summed E-state index contributed by atoms with van der Waals surface area (Å²) in [5.74, 6) is -0.592. The fraction of sp³-hybridized carbons (Fsp3) is 0.267. The Morgan fingerprint density at radius 3 is 2.40 bits per heavy atom. The molecule has 132 valence electrons. The fourth-order valence-electron chi connectivity index (χ4n) is 1.79. The maximum absolute atomic E-state index is 11.9. The van der Waals surface area contributed by atoms with Crippen LogP contribution in [0.3, 0.4) is 0 Å². The molecule has 0 radical (unpaired) electrons. The number of hydrogen-bond acceptors (Lipinski definition) is 9. The number of nitrogens with two attached hydrogens (primary N) is 2. The lowest BCUT2D eigenvalue weighted by Crippen LogP contribution is -2.41. The number of anilines is 2. The zero-order chi connectivity index (χ0) is 18.2. The number of amides is 1. The predicted molar refractivity (Wildman–Crippen MR) is 88.0 cm³/mol. The number of carbonyl (C=O) groups is 2. The third kappa shape index (κ3) is 5.94. The fourth-order valence-corrected chi connectivity index (χ4v) is 1.79. The summed E-state index contributed by atoms with van der Waals surface area (Å²) in [6.07, 6.45) is 0. The number of aromatic nitrogens is 3. The SMILES string of the molecule is C[C@H](NC(=O)COc1ccccc1)C(=O)OCc1nc(N)nc(N)n1. The molecule has 0 aliphatic carbocycles. The molecular formula is C15H18N6O4. The van der Waals surface area contributed by atoms with E-state index in [4.69, 9.17) is 20.9 Å². The largest absolute Gasteiger partial charge is 0.484 e. The molecule has 10 heteroatoms. The molecule has 0 saturated heterocycles. The van der Waals surface area contributed by atoms with Crippen molar-refractivity contribution in [2.45, 2.75) is 19.6 Å². The first-order valence-electron chi connectivity index (χ1n) is 7.34. The topological polar surface area (TPSA) is 155 Å². The van der Waals surface area contributed by atoms with Crippen LogP contribution in [0, 0.1) is 0 Å². The van der Waals surface area contributed by atoms with Crippen molar-refractivity contribution in [3.8, 4) is 5.75 Å². The number of hydrogen-bond donors (Lipinski definition) is 3. The average molecular weight is 346 g/mol. The van der Waals surface area contributed by atoms with E-state index in [-0.39, 0.29) is 30.9 Å². The molecule has 0 aliphatic rings. The standard InChI is InChI=1S/C15H18N6O4/c1-9(18-12(22)8-24-10-5-3-2-4-6-10)13(23)25-7-11-19-14(16)21-15(17)20-11/h2-6,9H,7-8H2,1H3,(H,18,22)(H4,16,17,19,20,21)/t9-/m0/s1. The molecular weight excluding hydrogens is 328 g/mol. The molecule has 1 atom stereocenters. The van der Waals surface area contributed by atoms with Gasteiger partial charge < -0.3 is 26.3 Å². The number of ether oxygens (including phenoxy) is 2. The molecule has 0 spiro atoms. The third-order valence-electron chi connectivity index (χ3n) is 2.90. The van der Waals surface area contributed by atoms with Crippen LogP contribution in [0.15, 0.2) is 30.3 Å². The third-order valence-corrected chi connectivity index (χ3v) is 2.90. The van der Waals surface area contributed by atoms with E-state index in [0.717, 1.165) is 0 Å². The zero-order valence-corrected chi connectivity index (χ0v) is 13.5. The molecule has 1 amide bonds. The summed E-state index contributed by atoms with van der Waals surface area (Å²) in [6.45, 7) is 1.03. The summed E-state index contributed by atoms with van der Waals surface area (Å²) >= 11 is 0. The highest BCUT2D eigenvalue weighted by Crippen LogP contribution is 2.07. The van der Waals surface area contributed by atoms with Crippen LogP contribution in [-0.4, -0.2) is 39.5 Å². The van der Waals surface area contributed by atoms with Crippen LogP contribution >= 0.6 is 0 Å². The van der Waals surface area contributed by atoms with Gasteiger partial charge in [-0.15, -0.1) is 0 Å². The Kier molecular flexibility index (Phi) is 6.04. The smallest absolute Gasteiger partial charge is 0.328 e. The van der Waals surface area contributed by atoms with E-state index in [1.54, 1.807) is 24.3 Å². The van der Waals surface area contributed by atoms with Gasteiger partial charge in [0.05, 0.1) is 0 Å². The number of nitrogens with zero attached hydrogens (tertiary/aromatic N) is 3. The van der Waals surface area contributed by atoms with Crippen LogP contribution < -0.4 is 21.5 Å². The molecule has 0 fully saturated rings. The van der Waals surface area contributed by atoms with Gasteiger partial charge in [-0.1, -0.05) is 18.2 Å². The van der Waals surface area contributed by atoms with Gasteiger partial charge in [0.25, 0.3) is 5.91 Å². The number of nitrogen functional groups attached to an aromatic ring is 2. The molecule has 2 rings (SSSR count). The number of rotatable bonds is 7. The Hall–Kier alpha value is -3.43. The lowest BCUT2D eigenvalue weighted by molar-refractivity contribution is -0.149. The zero-order valence-electron chi connectivity index (χ0n) is 13.5. The molecule has 25 heavy (non-hydrogen) atoms. The monoisotopic (exact) mass is 346 g/mol. The highest BCUT2D eigenvalue weighted by atomic mass is 16.5. The number of esters is 1. The first kappa shape index (κ1) is 17.9. The van der Waals surface area contributed by atoms with Crippen LogP contribution in [0.4, 0.5) is 11.9 Å². The summed E-state index contributed by atoms with van der Waals surface area (Å²) in [4.78, 5) is 34.8. The van der Waals surface area contributed by atoms with Gasteiger partial charge in [0.2, 0.25) is 11.9 Å². The molecule has 2 aromatic rings. The van der Waals surface area contributed by atoms with Crippen molar-refractivity contribution in [1.29, 1.82) is 0 Å². The van der Waals surface area contributed by atoms with Crippen molar-refractivity contribution in [2.75, 3.05) is 18.1 Å². The van der Waals surface area contributed by atoms with Gasteiger partial charge in [-0.2, -0.15) is 15.0 Å². The second kappa shape index (κ2) is 8.43. The highest BCUT2D eigenvalue weighted by molar-refractivity contribution is 5.84. The van der Waals surface area contributed by atoms with E-state index < -0.39 is 17.9 Å². The lowest BCUT2D eigenvalue weighted by atomic mass is 10.3. The van der Waals surface area contributed by atoms with E-state index >= 15 is 0 Å². The van der Waals surface area contributed by atoms with Gasteiger partial charge >= 0.3 is 5.97 Å². The van der Waals surface area contributed by atoms with E-state index in [2.05, 4.69) is 20.3 Å². The molecule has 0 saturated carbocycles. The van der Waals surface area contributed by atoms with Gasteiger partial charge in [0.15, 0.2) is 19.0 Å². The van der Waals surface area contributed by atoms with Crippen molar-refractivity contribution in [2.24, 2.45) is 0 Å². The average Bonchev–Trinajstić information content (AvgIpc) is 2.58. The summed E-state index contributed by atoms with van der Waals surface area (Å²) in [6, 6.07) is 7.97. The molecule has 0 unspecified atom stereocenters. The summed E-state index contributed by atoms with van der Waals surface area (Å²) < 4.78 is 10.3. The van der Waals surface area contributed by atoms with Crippen LogP contribution in [0.1, 0.15) is 12.7 Å². The molecule has 0 aliphatic heterocycles. The highest BCUT2D eigenvalue weighted by Gasteiger charge is 2.18. The Bertz CT molecular complexity index is 720. The van der Waals surface area contributed by atoms with Crippen LogP contribution in [0.2, 0.25) is 0 Å². The van der Waals surface area contributed by atoms with Gasteiger partial charge in [0, 0.05) is 0 Å². The number of benzene rings is 1. The van der Waals surface area contributed by atoms with Crippen molar-refractivity contribution in [1.82, 2.24) is 20.3 Å². The molecule has 1 heterocycles. The Morgan fingerprint density at radius 2 is 1.76 bits per heavy atom. The van der Waals surface area contributed by atoms with Crippen LogP contribution in [-0.2, 0) is 20.9 Å². The maximum atomic E-state index is 11.9. The minimum atomic E-state index is -0.872. The molecule has 1 aromatic carbocycles. The second-order valence-corrected chi connectivity index (χ2v) is 4.97. The Labute approximate surface area is 143 Å². The van der Waals surface area contributed by atoms with Gasteiger partial charge in [-0.25, -0.2) is 4.79 Å². The minimum Gasteiger partial charge on any atom is -0.484 e. The predicted octanol–water partition coefficient (Wildman–Crippen LogP) is -0.337. The quantitative estimate of drug-likeness (QED) is 0.571. The number of carbonyl (C=O) groups excluding carboxylic acids is 2. The first-order valence-corrected chi connectivity index (χ1v) is 7.34. The van der Waals surface area contributed by atoms with E-state index in [1.165, 1.54) is 6.92 Å². The molecule has 0 bridgehead atoms. The molecule has 10 nitrogen and oxygen atoms in total. The van der Waals surface area contributed by atoms with E-state index in [0.29, 0.717) is 5.75 Å². The summed E-state index contributed by atoms with van der Waals surface area (Å²) in [5, 5.41) is 2.47. The summed E-state index contributed by atoms with van der Waals surface area (Å²) in [7, 11) is 0. The van der Waals surface area contributed by atoms with Crippen molar-refractivity contribution < 1.29 is 19.1 Å². The Balaban J connectivity index is 1.76. The number of para-hydroxylation sites is 1. The molecule has 5 N–H and O–H groups in total. The lowest BCUT2D eigenvalue weighted by Gasteiger charge is -2.13. The van der Waals surface area contributed by atoms with Crippen LogP contribution in [0.5, 0.6) is 5.75 Å².